The predicted octanol–water partition coefficient (Wildman–Crippen LogP) is 2.90. The maximum atomic E-state index is 5.74. The average Bonchev–Trinajstić information content (AvgIpc) is 2.77. The lowest BCUT2D eigenvalue weighted by Gasteiger charge is -2.22. The predicted molar refractivity (Wildman–Crippen MR) is 82.0 cm³/mol. The van der Waals surface area contributed by atoms with Crippen molar-refractivity contribution in [3.8, 4) is 11.5 Å². The van der Waals surface area contributed by atoms with Gasteiger partial charge in [-0.3, -0.25) is 0 Å². The second-order valence-corrected chi connectivity index (χ2v) is 5.79. The minimum Gasteiger partial charge on any atom is -0.490 e. The third-order valence-corrected chi connectivity index (χ3v) is 4.06. The van der Waals surface area contributed by atoms with Crippen molar-refractivity contribution in [1.29, 1.82) is 0 Å². The van der Waals surface area contributed by atoms with Crippen molar-refractivity contribution >= 4 is 0 Å². The maximum Gasteiger partial charge on any atom is 0.161 e. The lowest BCUT2D eigenvalue weighted by atomic mass is 10.1. The molecule has 1 saturated heterocycles. The van der Waals surface area contributed by atoms with Gasteiger partial charge in [-0.2, -0.15) is 0 Å². The Bertz CT molecular complexity index is 444. The van der Waals surface area contributed by atoms with E-state index >= 15 is 0 Å². The standard InChI is InChI=1S/C17H25NO3/c1-2-9-19-15(4-1)7-8-18-13-14-5-6-16-17(12-14)21-11-3-10-20-16/h5-6,12,15,18H,1-4,7-11,13H2. The molecule has 1 unspecified atom stereocenters. The summed E-state index contributed by atoms with van der Waals surface area (Å²) >= 11 is 0. The van der Waals surface area contributed by atoms with Crippen molar-refractivity contribution in [3.05, 3.63) is 23.8 Å². The van der Waals surface area contributed by atoms with Crippen molar-refractivity contribution < 1.29 is 14.2 Å². The summed E-state index contributed by atoms with van der Waals surface area (Å²) in [5.41, 5.74) is 1.24. The van der Waals surface area contributed by atoms with Crippen molar-refractivity contribution in [1.82, 2.24) is 5.32 Å². The molecule has 0 bridgehead atoms. The first-order valence-corrected chi connectivity index (χ1v) is 8.13. The summed E-state index contributed by atoms with van der Waals surface area (Å²) in [6, 6.07) is 6.21. The molecule has 2 heterocycles. The zero-order valence-corrected chi connectivity index (χ0v) is 12.6. The number of ether oxygens (including phenoxy) is 3. The topological polar surface area (TPSA) is 39.7 Å². The second-order valence-electron chi connectivity index (χ2n) is 5.79. The molecule has 4 nitrogen and oxygen atoms in total. The SMILES string of the molecule is c1cc2c(cc1CNCCC1CCCCO1)OCCCO2. The highest BCUT2D eigenvalue weighted by atomic mass is 16.5. The molecule has 2 aliphatic rings. The molecule has 116 valence electrons. The molecule has 3 rings (SSSR count). The van der Waals surface area contributed by atoms with E-state index in [4.69, 9.17) is 14.2 Å². The Kier molecular flexibility index (Phi) is 5.35. The Hall–Kier alpha value is -1.26. The Morgan fingerprint density at radius 1 is 1.00 bits per heavy atom. The molecule has 0 amide bonds. The van der Waals surface area contributed by atoms with Crippen LogP contribution in [0.15, 0.2) is 18.2 Å². The molecule has 0 spiro atoms. The lowest BCUT2D eigenvalue weighted by molar-refractivity contribution is 0.0115. The highest BCUT2D eigenvalue weighted by Gasteiger charge is 2.13. The van der Waals surface area contributed by atoms with Crippen molar-refractivity contribution in [2.45, 2.75) is 44.8 Å². The minimum atomic E-state index is 0.454. The highest BCUT2D eigenvalue weighted by Crippen LogP contribution is 2.30. The molecule has 1 aromatic carbocycles. The monoisotopic (exact) mass is 291 g/mol. The van der Waals surface area contributed by atoms with Gasteiger partial charge in [-0.1, -0.05) is 6.07 Å². The Balaban J connectivity index is 1.43. The van der Waals surface area contributed by atoms with Gasteiger partial charge < -0.3 is 19.5 Å². The molecule has 0 aromatic heterocycles. The fourth-order valence-electron chi connectivity index (χ4n) is 2.85. The molecule has 0 radical (unpaired) electrons. The zero-order chi connectivity index (χ0) is 14.3. The van der Waals surface area contributed by atoms with Crippen LogP contribution in [0, 0.1) is 0 Å². The molecule has 1 fully saturated rings. The van der Waals surface area contributed by atoms with E-state index in [1.165, 1.54) is 24.8 Å². The van der Waals surface area contributed by atoms with Crippen molar-refractivity contribution in [3.63, 3.8) is 0 Å². The first-order chi connectivity index (χ1) is 10.4. The van der Waals surface area contributed by atoms with Crippen LogP contribution in [0.4, 0.5) is 0 Å². The van der Waals surface area contributed by atoms with Crippen LogP contribution in [-0.2, 0) is 11.3 Å². The zero-order valence-electron chi connectivity index (χ0n) is 12.6. The van der Waals surface area contributed by atoms with E-state index < -0.39 is 0 Å². The van der Waals surface area contributed by atoms with Crippen molar-refractivity contribution in [2.75, 3.05) is 26.4 Å². The van der Waals surface area contributed by atoms with Crippen LogP contribution in [0.1, 0.15) is 37.7 Å². The van der Waals surface area contributed by atoms with Crippen LogP contribution in [0.25, 0.3) is 0 Å². The van der Waals surface area contributed by atoms with Crippen LogP contribution in [-0.4, -0.2) is 32.5 Å². The number of benzene rings is 1. The van der Waals surface area contributed by atoms with E-state index in [1.54, 1.807) is 0 Å². The smallest absolute Gasteiger partial charge is 0.161 e. The quantitative estimate of drug-likeness (QED) is 0.847. The van der Waals surface area contributed by atoms with Gasteiger partial charge in [-0.25, -0.2) is 0 Å². The van der Waals surface area contributed by atoms with Crippen LogP contribution < -0.4 is 14.8 Å². The van der Waals surface area contributed by atoms with Crippen LogP contribution in [0.3, 0.4) is 0 Å². The van der Waals surface area contributed by atoms with E-state index in [0.29, 0.717) is 6.10 Å². The third kappa shape index (κ3) is 4.35. The summed E-state index contributed by atoms with van der Waals surface area (Å²) in [6.07, 6.45) is 6.25. The minimum absolute atomic E-state index is 0.454. The molecule has 1 aromatic rings. The van der Waals surface area contributed by atoms with Gasteiger partial charge in [-0.05, 0) is 49.9 Å². The van der Waals surface area contributed by atoms with E-state index in [1.807, 2.05) is 6.07 Å². The molecule has 1 atom stereocenters. The average molecular weight is 291 g/mol. The Labute approximate surface area is 126 Å². The number of nitrogens with one attached hydrogen (secondary N) is 1. The molecule has 21 heavy (non-hydrogen) atoms. The fourth-order valence-corrected chi connectivity index (χ4v) is 2.85. The number of hydrogen-bond acceptors (Lipinski definition) is 4. The van der Waals surface area contributed by atoms with E-state index in [2.05, 4.69) is 17.4 Å². The maximum absolute atomic E-state index is 5.74. The van der Waals surface area contributed by atoms with Gasteiger partial charge >= 0.3 is 0 Å². The van der Waals surface area contributed by atoms with Crippen LogP contribution in [0.5, 0.6) is 11.5 Å². The lowest BCUT2D eigenvalue weighted by Crippen LogP contribution is -2.25. The summed E-state index contributed by atoms with van der Waals surface area (Å²) in [5.74, 6) is 1.74. The van der Waals surface area contributed by atoms with Gasteiger partial charge in [0.2, 0.25) is 0 Å². The van der Waals surface area contributed by atoms with Gasteiger partial charge in [0.25, 0.3) is 0 Å². The highest BCUT2D eigenvalue weighted by molar-refractivity contribution is 5.43. The summed E-state index contributed by atoms with van der Waals surface area (Å²) < 4.78 is 17.1. The molecule has 0 saturated carbocycles. The van der Waals surface area contributed by atoms with E-state index in [-0.39, 0.29) is 0 Å². The van der Waals surface area contributed by atoms with Gasteiger partial charge in [0.05, 0.1) is 19.3 Å². The fraction of sp³-hybridized carbons (Fsp3) is 0.647. The Morgan fingerprint density at radius 3 is 2.76 bits per heavy atom. The first-order valence-electron chi connectivity index (χ1n) is 8.13. The normalized spacial score (nSPS) is 21.8. The third-order valence-electron chi connectivity index (χ3n) is 4.06. The summed E-state index contributed by atoms with van der Waals surface area (Å²) in [6.45, 7) is 4.28. The number of rotatable bonds is 5. The number of hydrogen-bond donors (Lipinski definition) is 1. The summed E-state index contributed by atoms with van der Waals surface area (Å²) in [7, 11) is 0. The molecule has 2 aliphatic heterocycles. The van der Waals surface area contributed by atoms with Crippen LogP contribution >= 0.6 is 0 Å². The van der Waals surface area contributed by atoms with E-state index in [9.17, 15) is 0 Å². The van der Waals surface area contributed by atoms with Gasteiger partial charge in [-0.15, -0.1) is 0 Å². The second kappa shape index (κ2) is 7.66. The molecule has 4 heteroatoms. The molecular weight excluding hydrogens is 266 g/mol. The molecule has 0 aliphatic carbocycles. The number of fused-ring (bicyclic) bond motifs is 1. The first kappa shape index (κ1) is 14.7. The van der Waals surface area contributed by atoms with E-state index in [0.717, 1.165) is 57.3 Å². The van der Waals surface area contributed by atoms with Crippen LogP contribution in [0.2, 0.25) is 0 Å². The Morgan fingerprint density at radius 2 is 1.90 bits per heavy atom. The summed E-state index contributed by atoms with van der Waals surface area (Å²) in [5, 5.41) is 3.50. The van der Waals surface area contributed by atoms with Gasteiger partial charge in [0, 0.05) is 19.6 Å². The molecule has 1 N–H and O–H groups in total. The molecular formula is C17H25NO3. The van der Waals surface area contributed by atoms with Gasteiger partial charge in [0.15, 0.2) is 11.5 Å². The van der Waals surface area contributed by atoms with Gasteiger partial charge in [0.1, 0.15) is 0 Å². The summed E-state index contributed by atoms with van der Waals surface area (Å²) in [4.78, 5) is 0. The largest absolute Gasteiger partial charge is 0.490 e. The van der Waals surface area contributed by atoms with Crippen molar-refractivity contribution in [2.24, 2.45) is 0 Å².